The first-order valence-electron chi connectivity index (χ1n) is 5.34. The van der Waals surface area contributed by atoms with Gasteiger partial charge in [0.1, 0.15) is 0 Å². The second kappa shape index (κ2) is 4.92. The monoisotopic (exact) mass is 225 g/mol. The molecule has 1 fully saturated rings. The number of piperazine rings is 1. The summed E-state index contributed by atoms with van der Waals surface area (Å²) in [7, 11) is 0. The van der Waals surface area contributed by atoms with Crippen molar-refractivity contribution in [1.82, 2.24) is 15.2 Å². The molecule has 1 aliphatic rings. The summed E-state index contributed by atoms with van der Waals surface area (Å²) in [5, 5.41) is 4.11. The van der Waals surface area contributed by atoms with Crippen LogP contribution in [0.15, 0.2) is 18.3 Å². The predicted octanol–water partition coefficient (Wildman–Crippen LogP) is 1.70. The van der Waals surface area contributed by atoms with Gasteiger partial charge in [0, 0.05) is 32.4 Å². The molecule has 1 saturated heterocycles. The van der Waals surface area contributed by atoms with E-state index in [0.717, 1.165) is 36.9 Å². The van der Waals surface area contributed by atoms with Crippen LogP contribution in [-0.4, -0.2) is 36.1 Å². The average molecular weight is 226 g/mol. The Balaban J connectivity index is 2.12. The van der Waals surface area contributed by atoms with Crippen LogP contribution in [0.5, 0.6) is 0 Å². The molecule has 0 aromatic carbocycles. The molecule has 1 atom stereocenters. The summed E-state index contributed by atoms with van der Waals surface area (Å²) in [6.07, 6.45) is 1.81. The van der Waals surface area contributed by atoms with Crippen molar-refractivity contribution in [3.8, 4) is 0 Å². The van der Waals surface area contributed by atoms with E-state index < -0.39 is 0 Å². The number of hydrogen-bond donors (Lipinski definition) is 1. The van der Waals surface area contributed by atoms with Gasteiger partial charge in [-0.05, 0) is 19.1 Å². The molecule has 3 nitrogen and oxygen atoms in total. The van der Waals surface area contributed by atoms with Gasteiger partial charge in [0.2, 0.25) is 0 Å². The molecule has 0 aliphatic carbocycles. The minimum atomic E-state index is 0.306. The van der Waals surface area contributed by atoms with E-state index in [1.165, 1.54) is 0 Å². The molecule has 15 heavy (non-hydrogen) atoms. The molecule has 1 N–H and O–H groups in total. The van der Waals surface area contributed by atoms with E-state index in [0.29, 0.717) is 6.04 Å². The highest BCUT2D eigenvalue weighted by Gasteiger charge is 2.20. The Hall–Kier alpha value is -0.640. The second-order valence-electron chi connectivity index (χ2n) is 3.83. The van der Waals surface area contributed by atoms with E-state index >= 15 is 0 Å². The fourth-order valence-electron chi connectivity index (χ4n) is 1.95. The smallest absolute Gasteiger partial charge is 0.0758 e. The predicted molar refractivity (Wildman–Crippen MR) is 62.1 cm³/mol. The van der Waals surface area contributed by atoms with Crippen molar-refractivity contribution in [2.45, 2.75) is 13.0 Å². The maximum absolute atomic E-state index is 6.13. The highest BCUT2D eigenvalue weighted by Crippen LogP contribution is 2.24. The van der Waals surface area contributed by atoms with Crippen LogP contribution in [0.4, 0.5) is 0 Å². The first-order chi connectivity index (χ1) is 7.29. The van der Waals surface area contributed by atoms with Gasteiger partial charge in [-0.3, -0.25) is 9.88 Å². The Kier molecular flexibility index (Phi) is 3.57. The summed E-state index contributed by atoms with van der Waals surface area (Å²) in [6, 6.07) is 4.08. The van der Waals surface area contributed by atoms with Crippen LogP contribution in [0.2, 0.25) is 5.02 Å². The Morgan fingerprint density at radius 2 is 2.20 bits per heavy atom. The van der Waals surface area contributed by atoms with Crippen molar-refractivity contribution in [3.05, 3.63) is 29.0 Å². The first kappa shape index (κ1) is 10.9. The number of nitrogens with zero attached hydrogens (tertiary/aromatic N) is 2. The molecule has 1 aliphatic heterocycles. The molecule has 0 radical (unpaired) electrons. The quantitative estimate of drug-likeness (QED) is 0.831. The third-order valence-corrected chi connectivity index (χ3v) is 3.20. The van der Waals surface area contributed by atoms with Gasteiger partial charge in [-0.1, -0.05) is 11.6 Å². The molecule has 0 unspecified atom stereocenters. The zero-order valence-corrected chi connectivity index (χ0v) is 9.67. The SMILES string of the molecule is C[C@H](c1ncccc1Cl)N1CCNCC1. The van der Waals surface area contributed by atoms with E-state index in [-0.39, 0.29) is 0 Å². The molecule has 0 bridgehead atoms. The van der Waals surface area contributed by atoms with Crippen molar-refractivity contribution in [1.29, 1.82) is 0 Å². The molecular weight excluding hydrogens is 210 g/mol. The maximum Gasteiger partial charge on any atom is 0.0758 e. The van der Waals surface area contributed by atoms with E-state index in [9.17, 15) is 0 Å². The summed E-state index contributed by atoms with van der Waals surface area (Å²) in [5.41, 5.74) is 0.987. The first-order valence-corrected chi connectivity index (χ1v) is 5.72. The summed E-state index contributed by atoms with van der Waals surface area (Å²) in [4.78, 5) is 6.77. The van der Waals surface area contributed by atoms with Crippen LogP contribution in [0.3, 0.4) is 0 Å². The van der Waals surface area contributed by atoms with Crippen LogP contribution in [0, 0.1) is 0 Å². The summed E-state index contributed by atoms with van der Waals surface area (Å²) in [6.45, 7) is 6.39. The molecule has 1 aromatic heterocycles. The van der Waals surface area contributed by atoms with Crippen molar-refractivity contribution in [2.24, 2.45) is 0 Å². The van der Waals surface area contributed by atoms with Gasteiger partial charge in [0.05, 0.1) is 16.8 Å². The number of hydrogen-bond acceptors (Lipinski definition) is 3. The minimum Gasteiger partial charge on any atom is -0.314 e. The van der Waals surface area contributed by atoms with Gasteiger partial charge in [-0.15, -0.1) is 0 Å². The molecule has 0 saturated carbocycles. The van der Waals surface area contributed by atoms with E-state index in [2.05, 4.69) is 22.1 Å². The molecule has 82 valence electrons. The third-order valence-electron chi connectivity index (χ3n) is 2.88. The summed E-state index contributed by atoms with van der Waals surface area (Å²) >= 11 is 6.13. The number of nitrogens with one attached hydrogen (secondary N) is 1. The number of aromatic nitrogens is 1. The molecule has 4 heteroatoms. The molecule has 1 aromatic rings. The second-order valence-corrected chi connectivity index (χ2v) is 4.24. The topological polar surface area (TPSA) is 28.2 Å². The summed E-state index contributed by atoms with van der Waals surface area (Å²) in [5.74, 6) is 0. The van der Waals surface area contributed by atoms with Crippen molar-refractivity contribution in [3.63, 3.8) is 0 Å². The van der Waals surface area contributed by atoms with Gasteiger partial charge >= 0.3 is 0 Å². The van der Waals surface area contributed by atoms with Gasteiger partial charge in [-0.25, -0.2) is 0 Å². The van der Waals surface area contributed by atoms with Crippen LogP contribution in [0.1, 0.15) is 18.7 Å². The lowest BCUT2D eigenvalue weighted by Gasteiger charge is -2.32. The van der Waals surface area contributed by atoms with Gasteiger partial charge < -0.3 is 5.32 Å². The highest BCUT2D eigenvalue weighted by atomic mass is 35.5. The fraction of sp³-hybridized carbons (Fsp3) is 0.545. The normalized spacial score (nSPS) is 20.1. The molecule has 2 heterocycles. The molecule has 2 rings (SSSR count). The van der Waals surface area contributed by atoms with Crippen molar-refractivity contribution >= 4 is 11.6 Å². The Morgan fingerprint density at radius 1 is 1.47 bits per heavy atom. The van der Waals surface area contributed by atoms with Gasteiger partial charge in [0.25, 0.3) is 0 Å². The Labute approximate surface area is 95.4 Å². The van der Waals surface area contributed by atoms with Crippen molar-refractivity contribution in [2.75, 3.05) is 26.2 Å². The standard InChI is InChI=1S/C11H16ClN3/c1-9(15-7-5-13-6-8-15)11-10(12)3-2-4-14-11/h2-4,9,13H,5-8H2,1H3/t9-/m1/s1. The minimum absolute atomic E-state index is 0.306. The zero-order valence-electron chi connectivity index (χ0n) is 8.91. The maximum atomic E-state index is 6.13. The molecular formula is C11H16ClN3. The van der Waals surface area contributed by atoms with Crippen molar-refractivity contribution < 1.29 is 0 Å². The van der Waals surface area contributed by atoms with E-state index in [4.69, 9.17) is 11.6 Å². The third kappa shape index (κ3) is 2.48. The van der Waals surface area contributed by atoms with Gasteiger partial charge in [-0.2, -0.15) is 0 Å². The number of halogens is 1. The lowest BCUT2D eigenvalue weighted by molar-refractivity contribution is 0.182. The largest absolute Gasteiger partial charge is 0.314 e. The highest BCUT2D eigenvalue weighted by molar-refractivity contribution is 6.31. The Morgan fingerprint density at radius 3 is 2.87 bits per heavy atom. The number of pyridine rings is 1. The van der Waals surface area contributed by atoms with Crippen LogP contribution in [0.25, 0.3) is 0 Å². The summed E-state index contributed by atoms with van der Waals surface area (Å²) < 4.78 is 0. The van der Waals surface area contributed by atoms with Crippen LogP contribution >= 0.6 is 11.6 Å². The van der Waals surface area contributed by atoms with Gasteiger partial charge in [0.15, 0.2) is 0 Å². The van der Waals surface area contributed by atoms with Crippen LogP contribution < -0.4 is 5.32 Å². The lowest BCUT2D eigenvalue weighted by Crippen LogP contribution is -2.44. The molecule has 0 spiro atoms. The lowest BCUT2D eigenvalue weighted by atomic mass is 10.1. The zero-order chi connectivity index (χ0) is 10.7. The fourth-order valence-corrected chi connectivity index (χ4v) is 2.23. The average Bonchev–Trinajstić information content (AvgIpc) is 2.30. The number of rotatable bonds is 2. The Bertz CT molecular complexity index is 323. The molecule has 0 amide bonds. The van der Waals surface area contributed by atoms with Crippen LogP contribution in [-0.2, 0) is 0 Å². The van der Waals surface area contributed by atoms with E-state index in [1.807, 2.05) is 12.1 Å². The van der Waals surface area contributed by atoms with E-state index in [1.54, 1.807) is 6.20 Å².